The fourth-order valence-electron chi connectivity index (χ4n) is 1.59. The van der Waals surface area contributed by atoms with Gasteiger partial charge in [-0.05, 0) is 19.0 Å². The van der Waals surface area contributed by atoms with Crippen LogP contribution in [0.1, 0.15) is 25.1 Å². The molecule has 0 radical (unpaired) electrons. The lowest BCUT2D eigenvalue weighted by atomic mass is 10.1. The van der Waals surface area contributed by atoms with Crippen molar-refractivity contribution >= 4 is 0 Å². The number of nitrogens with one attached hydrogen (secondary N) is 1. The smallest absolute Gasteiger partial charge is 0.261 e. The molecular weight excluding hydrogens is 228 g/mol. The van der Waals surface area contributed by atoms with Crippen molar-refractivity contribution in [1.29, 1.82) is 0 Å². The van der Waals surface area contributed by atoms with Gasteiger partial charge in [-0.3, -0.25) is 4.68 Å². The number of hydrogen-bond donors (Lipinski definition) is 1. The van der Waals surface area contributed by atoms with Crippen LogP contribution in [0.4, 0.5) is 8.78 Å². The van der Waals surface area contributed by atoms with Gasteiger partial charge in [0.25, 0.3) is 6.43 Å². The third kappa shape index (κ3) is 5.23. The molecule has 0 aromatic carbocycles. The van der Waals surface area contributed by atoms with Crippen LogP contribution in [0.2, 0.25) is 0 Å². The number of alkyl halides is 2. The fraction of sp³-hybridized carbons (Fsp3) is 0.727. The van der Waals surface area contributed by atoms with E-state index in [1.54, 1.807) is 4.68 Å². The monoisotopic (exact) mass is 247 g/mol. The van der Waals surface area contributed by atoms with E-state index in [4.69, 9.17) is 4.74 Å². The fourth-order valence-corrected chi connectivity index (χ4v) is 1.59. The number of rotatable bonds is 8. The van der Waals surface area contributed by atoms with E-state index in [1.165, 1.54) is 0 Å². The predicted molar refractivity (Wildman–Crippen MR) is 61.1 cm³/mol. The first kappa shape index (κ1) is 14.1. The van der Waals surface area contributed by atoms with Gasteiger partial charge in [-0.25, -0.2) is 8.78 Å². The van der Waals surface area contributed by atoms with Crippen LogP contribution in [0.25, 0.3) is 0 Å². The average molecular weight is 247 g/mol. The van der Waals surface area contributed by atoms with Crippen LogP contribution in [0.3, 0.4) is 0 Å². The first-order valence-electron chi connectivity index (χ1n) is 5.72. The molecule has 1 unspecified atom stereocenters. The zero-order chi connectivity index (χ0) is 12.7. The summed E-state index contributed by atoms with van der Waals surface area (Å²) in [4.78, 5) is 0. The summed E-state index contributed by atoms with van der Waals surface area (Å²) in [6.07, 6.45) is 0.0968. The van der Waals surface area contributed by atoms with Crippen LogP contribution in [-0.2, 0) is 11.8 Å². The normalized spacial score (nSPS) is 13.2. The molecule has 98 valence electrons. The highest BCUT2D eigenvalue weighted by atomic mass is 19.3. The highest BCUT2D eigenvalue weighted by molar-refractivity contribution is 5.05. The lowest BCUT2D eigenvalue weighted by Gasteiger charge is -2.15. The first-order valence-corrected chi connectivity index (χ1v) is 5.72. The quantitative estimate of drug-likeness (QED) is 0.711. The summed E-state index contributed by atoms with van der Waals surface area (Å²) < 4.78 is 30.4. The second-order valence-electron chi connectivity index (χ2n) is 3.78. The molecule has 0 aliphatic carbocycles. The largest absolute Gasteiger partial charge is 0.375 e. The van der Waals surface area contributed by atoms with Gasteiger partial charge in [0.15, 0.2) is 0 Å². The Balaban J connectivity index is 2.38. The number of halogens is 2. The molecule has 0 saturated heterocycles. The van der Waals surface area contributed by atoms with E-state index < -0.39 is 13.0 Å². The molecule has 0 saturated carbocycles. The molecule has 1 heterocycles. The molecule has 0 spiro atoms. The van der Waals surface area contributed by atoms with Gasteiger partial charge >= 0.3 is 0 Å². The molecule has 1 rings (SSSR count). The Morgan fingerprint density at radius 3 is 2.82 bits per heavy atom. The molecule has 0 aliphatic heterocycles. The van der Waals surface area contributed by atoms with Crippen molar-refractivity contribution in [3.05, 3.63) is 18.0 Å². The SMILES string of the molecule is CCNC(CCOCC(F)F)c1ccn(C)n1. The Bertz CT molecular complexity index is 317. The molecule has 0 bridgehead atoms. The van der Waals surface area contributed by atoms with E-state index in [1.807, 2.05) is 26.2 Å². The van der Waals surface area contributed by atoms with Gasteiger partial charge in [-0.15, -0.1) is 0 Å². The molecule has 1 N–H and O–H groups in total. The van der Waals surface area contributed by atoms with E-state index in [2.05, 4.69) is 10.4 Å². The second-order valence-corrected chi connectivity index (χ2v) is 3.78. The van der Waals surface area contributed by atoms with E-state index in [-0.39, 0.29) is 6.04 Å². The standard InChI is InChI=1S/C11H19F2N3O/c1-3-14-9(5-7-17-8-11(12)13)10-4-6-16(2)15-10/h4,6,9,11,14H,3,5,7-8H2,1-2H3. The van der Waals surface area contributed by atoms with Crippen LogP contribution in [0.15, 0.2) is 12.3 Å². The van der Waals surface area contributed by atoms with Crippen molar-refractivity contribution in [3.8, 4) is 0 Å². The summed E-state index contributed by atoms with van der Waals surface area (Å²) in [6.45, 7) is 2.60. The Morgan fingerprint density at radius 1 is 1.53 bits per heavy atom. The second kappa shape index (κ2) is 7.34. The maximum atomic E-state index is 11.9. The van der Waals surface area contributed by atoms with Crippen molar-refractivity contribution in [2.24, 2.45) is 7.05 Å². The zero-order valence-corrected chi connectivity index (χ0v) is 10.2. The minimum Gasteiger partial charge on any atom is -0.375 e. The lowest BCUT2D eigenvalue weighted by Crippen LogP contribution is -2.23. The van der Waals surface area contributed by atoms with Gasteiger partial charge in [0, 0.05) is 19.9 Å². The number of aromatic nitrogens is 2. The van der Waals surface area contributed by atoms with E-state index in [0.717, 1.165) is 12.2 Å². The predicted octanol–water partition coefficient (Wildman–Crippen LogP) is 1.74. The van der Waals surface area contributed by atoms with Crippen molar-refractivity contribution in [3.63, 3.8) is 0 Å². The van der Waals surface area contributed by atoms with Gasteiger partial charge in [0.05, 0.1) is 11.7 Å². The summed E-state index contributed by atoms with van der Waals surface area (Å²) in [6, 6.07) is 1.97. The topological polar surface area (TPSA) is 39.1 Å². The molecule has 4 nitrogen and oxygen atoms in total. The van der Waals surface area contributed by atoms with Crippen molar-refractivity contribution in [2.75, 3.05) is 19.8 Å². The maximum Gasteiger partial charge on any atom is 0.261 e. The van der Waals surface area contributed by atoms with Crippen LogP contribution in [0.5, 0.6) is 0 Å². The Kier molecular flexibility index (Phi) is 6.07. The van der Waals surface area contributed by atoms with Crippen molar-refractivity contribution in [1.82, 2.24) is 15.1 Å². The van der Waals surface area contributed by atoms with Crippen molar-refractivity contribution < 1.29 is 13.5 Å². The van der Waals surface area contributed by atoms with Crippen LogP contribution < -0.4 is 5.32 Å². The number of nitrogens with zero attached hydrogens (tertiary/aromatic N) is 2. The van der Waals surface area contributed by atoms with Gasteiger partial charge in [0.1, 0.15) is 6.61 Å². The van der Waals surface area contributed by atoms with E-state index >= 15 is 0 Å². The average Bonchev–Trinajstić information content (AvgIpc) is 2.69. The van der Waals surface area contributed by atoms with E-state index in [0.29, 0.717) is 13.0 Å². The highest BCUT2D eigenvalue weighted by Gasteiger charge is 2.13. The Morgan fingerprint density at radius 2 is 2.29 bits per heavy atom. The Labute approximate surface area is 100.0 Å². The third-order valence-electron chi connectivity index (χ3n) is 2.34. The lowest BCUT2D eigenvalue weighted by molar-refractivity contribution is 0.0143. The minimum atomic E-state index is -2.40. The van der Waals surface area contributed by atoms with E-state index in [9.17, 15) is 8.78 Å². The third-order valence-corrected chi connectivity index (χ3v) is 2.34. The Hall–Kier alpha value is -1.01. The number of ether oxygens (including phenoxy) is 1. The van der Waals surface area contributed by atoms with Gasteiger partial charge in [-0.1, -0.05) is 6.92 Å². The van der Waals surface area contributed by atoms with Crippen LogP contribution in [0, 0.1) is 0 Å². The maximum absolute atomic E-state index is 11.9. The molecule has 0 aliphatic rings. The minimum absolute atomic E-state index is 0.0545. The molecule has 1 aromatic heterocycles. The van der Waals surface area contributed by atoms with Gasteiger partial charge in [-0.2, -0.15) is 5.10 Å². The molecule has 6 heteroatoms. The van der Waals surface area contributed by atoms with Crippen LogP contribution in [-0.4, -0.2) is 36.0 Å². The van der Waals surface area contributed by atoms with Gasteiger partial charge < -0.3 is 10.1 Å². The number of hydrogen-bond acceptors (Lipinski definition) is 3. The first-order chi connectivity index (χ1) is 8.13. The molecule has 0 amide bonds. The highest BCUT2D eigenvalue weighted by Crippen LogP contribution is 2.14. The molecular formula is C11H19F2N3O. The summed E-state index contributed by atoms with van der Waals surface area (Å²) in [7, 11) is 1.85. The molecule has 17 heavy (non-hydrogen) atoms. The van der Waals surface area contributed by atoms with Gasteiger partial charge in [0.2, 0.25) is 0 Å². The molecule has 0 fully saturated rings. The van der Waals surface area contributed by atoms with Crippen molar-refractivity contribution in [2.45, 2.75) is 25.8 Å². The molecule has 1 atom stereocenters. The summed E-state index contributed by atoms with van der Waals surface area (Å²) in [5.74, 6) is 0. The van der Waals surface area contributed by atoms with Crippen LogP contribution >= 0.6 is 0 Å². The number of aryl methyl sites for hydroxylation is 1. The molecule has 1 aromatic rings. The zero-order valence-electron chi connectivity index (χ0n) is 10.2. The summed E-state index contributed by atoms with van der Waals surface area (Å²) in [5.41, 5.74) is 0.912. The summed E-state index contributed by atoms with van der Waals surface area (Å²) in [5, 5.41) is 7.55. The summed E-state index contributed by atoms with van der Waals surface area (Å²) >= 11 is 0.